The van der Waals surface area contributed by atoms with E-state index in [-0.39, 0.29) is 0 Å². The fraction of sp³-hybridized carbons (Fsp3) is 1.00. The summed E-state index contributed by atoms with van der Waals surface area (Å²) in [6.45, 7) is 13.6. The van der Waals surface area contributed by atoms with Gasteiger partial charge in [0.25, 0.3) is 0 Å². The lowest BCUT2D eigenvalue weighted by Gasteiger charge is -2.35. The highest BCUT2D eigenvalue weighted by Gasteiger charge is 2.17. The molecular weight excluding hydrogens is 134 g/mol. The van der Waals surface area contributed by atoms with E-state index < -0.39 is 0 Å². The zero-order valence-electron chi connectivity index (χ0n) is 8.89. The molecule has 0 bridgehead atoms. The van der Waals surface area contributed by atoms with Crippen molar-refractivity contribution in [2.24, 2.45) is 0 Å². The normalized spacial score (nSPS) is 15.0. The average Bonchev–Trinajstić information content (AvgIpc) is 1.85. The molecule has 0 aromatic heterocycles. The summed E-state index contributed by atoms with van der Waals surface area (Å²) in [5.74, 6) is 0. The van der Waals surface area contributed by atoms with Gasteiger partial charge in [-0.05, 0) is 41.0 Å². The van der Waals surface area contributed by atoms with Crippen LogP contribution >= 0.6 is 0 Å². The first-order valence-electron chi connectivity index (χ1n) is 4.78. The summed E-state index contributed by atoms with van der Waals surface area (Å²) in [7, 11) is 0. The van der Waals surface area contributed by atoms with E-state index in [1.807, 2.05) is 0 Å². The molecule has 0 spiro atoms. The van der Waals surface area contributed by atoms with Crippen LogP contribution in [0.4, 0.5) is 0 Å². The van der Waals surface area contributed by atoms with Crippen molar-refractivity contribution in [3.8, 4) is 0 Å². The second-order valence-corrected chi connectivity index (χ2v) is 3.89. The Morgan fingerprint density at radius 2 is 1.27 bits per heavy atom. The number of nitrogens with zero attached hydrogens (tertiary/aromatic N) is 1. The minimum Gasteiger partial charge on any atom is -0.296 e. The van der Waals surface area contributed by atoms with E-state index >= 15 is 0 Å². The highest BCUT2D eigenvalue weighted by Crippen LogP contribution is 2.12. The third-order valence-electron chi connectivity index (χ3n) is 2.29. The maximum Gasteiger partial charge on any atom is 0.00697 e. The Labute approximate surface area is 71.8 Å². The van der Waals surface area contributed by atoms with Crippen LogP contribution < -0.4 is 0 Å². The molecule has 1 atom stereocenters. The zero-order chi connectivity index (χ0) is 9.02. The number of hydrogen-bond donors (Lipinski definition) is 0. The molecule has 0 radical (unpaired) electrons. The Morgan fingerprint density at radius 1 is 0.909 bits per heavy atom. The maximum absolute atomic E-state index is 2.56. The van der Waals surface area contributed by atoms with Crippen molar-refractivity contribution in [1.82, 2.24) is 4.90 Å². The molecule has 0 N–H and O–H groups in total. The minimum absolute atomic E-state index is 0.671. The van der Waals surface area contributed by atoms with Gasteiger partial charge in [0, 0.05) is 18.1 Å². The second kappa shape index (κ2) is 4.76. The summed E-state index contributed by atoms with van der Waals surface area (Å²) in [6.07, 6.45) is 1.25. The Hall–Kier alpha value is -0.0400. The van der Waals surface area contributed by atoms with E-state index in [0.717, 1.165) is 6.04 Å². The van der Waals surface area contributed by atoms with E-state index in [2.05, 4.69) is 46.4 Å². The van der Waals surface area contributed by atoms with E-state index in [4.69, 9.17) is 0 Å². The van der Waals surface area contributed by atoms with Crippen LogP contribution in [0.15, 0.2) is 0 Å². The van der Waals surface area contributed by atoms with Crippen LogP contribution in [0.5, 0.6) is 0 Å². The molecule has 0 saturated heterocycles. The van der Waals surface area contributed by atoms with Crippen LogP contribution in [0, 0.1) is 0 Å². The lowest BCUT2D eigenvalue weighted by molar-refractivity contribution is 0.120. The van der Waals surface area contributed by atoms with Gasteiger partial charge in [-0.25, -0.2) is 0 Å². The average molecular weight is 157 g/mol. The molecule has 0 heterocycles. The molecule has 11 heavy (non-hydrogen) atoms. The van der Waals surface area contributed by atoms with Crippen molar-refractivity contribution in [1.29, 1.82) is 0 Å². The predicted octanol–water partition coefficient (Wildman–Crippen LogP) is 2.90. The van der Waals surface area contributed by atoms with Gasteiger partial charge in [0.05, 0.1) is 0 Å². The number of rotatable bonds is 4. The van der Waals surface area contributed by atoms with E-state index in [9.17, 15) is 0 Å². The van der Waals surface area contributed by atoms with Crippen molar-refractivity contribution >= 4 is 0 Å². The van der Waals surface area contributed by atoms with E-state index in [0.29, 0.717) is 12.1 Å². The smallest absolute Gasteiger partial charge is 0.00697 e. The molecule has 0 aliphatic carbocycles. The molecule has 1 heteroatoms. The Balaban J connectivity index is 4.09. The van der Waals surface area contributed by atoms with E-state index in [1.165, 1.54) is 6.42 Å². The van der Waals surface area contributed by atoms with Crippen molar-refractivity contribution in [2.45, 2.75) is 66.1 Å². The van der Waals surface area contributed by atoms with Crippen molar-refractivity contribution in [3.05, 3.63) is 0 Å². The van der Waals surface area contributed by atoms with Crippen LogP contribution in [-0.2, 0) is 0 Å². The first-order valence-corrected chi connectivity index (χ1v) is 4.78. The van der Waals surface area contributed by atoms with Crippen LogP contribution in [-0.4, -0.2) is 23.0 Å². The molecule has 68 valence electrons. The molecule has 0 amide bonds. The summed E-state index contributed by atoms with van der Waals surface area (Å²) in [5, 5.41) is 0. The zero-order valence-corrected chi connectivity index (χ0v) is 8.89. The van der Waals surface area contributed by atoms with Crippen molar-refractivity contribution in [3.63, 3.8) is 0 Å². The quantitative estimate of drug-likeness (QED) is 0.606. The molecule has 0 rings (SSSR count). The summed E-state index contributed by atoms with van der Waals surface area (Å²) >= 11 is 0. The first kappa shape index (κ1) is 11.0. The molecular formula is C10H23N. The van der Waals surface area contributed by atoms with Gasteiger partial charge in [0.15, 0.2) is 0 Å². The van der Waals surface area contributed by atoms with Crippen molar-refractivity contribution < 1.29 is 0 Å². The fourth-order valence-electron chi connectivity index (χ4n) is 1.83. The predicted molar refractivity (Wildman–Crippen MR) is 51.9 cm³/mol. The molecule has 0 aromatic carbocycles. The standard InChI is InChI=1S/C10H23N/c1-7-10(6)11(8(2)3)9(4)5/h8-10H,7H2,1-6H3/t10-/m1/s1. The molecule has 1 nitrogen and oxygen atoms in total. The summed E-state index contributed by atoms with van der Waals surface area (Å²) in [5.41, 5.74) is 0. The lowest BCUT2D eigenvalue weighted by atomic mass is 10.1. The summed E-state index contributed by atoms with van der Waals surface area (Å²) in [6, 6.07) is 2.06. The lowest BCUT2D eigenvalue weighted by Crippen LogP contribution is -2.43. The summed E-state index contributed by atoms with van der Waals surface area (Å²) in [4.78, 5) is 2.56. The maximum atomic E-state index is 2.56. The second-order valence-electron chi connectivity index (χ2n) is 3.89. The van der Waals surface area contributed by atoms with Gasteiger partial charge in [0.2, 0.25) is 0 Å². The SMILES string of the molecule is CC[C@@H](C)N(C(C)C)C(C)C. The molecule has 0 saturated carbocycles. The highest BCUT2D eigenvalue weighted by atomic mass is 15.2. The third kappa shape index (κ3) is 3.24. The van der Waals surface area contributed by atoms with Gasteiger partial charge >= 0.3 is 0 Å². The number of hydrogen-bond acceptors (Lipinski definition) is 1. The van der Waals surface area contributed by atoms with Crippen molar-refractivity contribution in [2.75, 3.05) is 0 Å². The molecule has 0 aromatic rings. The Morgan fingerprint density at radius 3 is 1.36 bits per heavy atom. The van der Waals surface area contributed by atoms with E-state index in [1.54, 1.807) is 0 Å². The van der Waals surface area contributed by atoms with Gasteiger partial charge in [-0.1, -0.05) is 6.92 Å². The van der Waals surface area contributed by atoms with Crippen LogP contribution in [0.2, 0.25) is 0 Å². The Kier molecular flexibility index (Phi) is 4.74. The van der Waals surface area contributed by atoms with Gasteiger partial charge in [-0.3, -0.25) is 4.90 Å². The molecule has 0 aliphatic heterocycles. The first-order chi connectivity index (χ1) is 5.00. The molecule has 0 unspecified atom stereocenters. The largest absolute Gasteiger partial charge is 0.296 e. The van der Waals surface area contributed by atoms with Gasteiger partial charge in [-0.2, -0.15) is 0 Å². The highest BCUT2D eigenvalue weighted by molar-refractivity contribution is 4.72. The van der Waals surface area contributed by atoms with Gasteiger partial charge < -0.3 is 0 Å². The molecule has 0 aliphatic rings. The van der Waals surface area contributed by atoms with Crippen LogP contribution in [0.25, 0.3) is 0 Å². The van der Waals surface area contributed by atoms with Crippen LogP contribution in [0.1, 0.15) is 48.0 Å². The van der Waals surface area contributed by atoms with Gasteiger partial charge in [-0.15, -0.1) is 0 Å². The fourth-order valence-corrected chi connectivity index (χ4v) is 1.83. The third-order valence-corrected chi connectivity index (χ3v) is 2.29. The minimum atomic E-state index is 0.671. The summed E-state index contributed by atoms with van der Waals surface area (Å²) < 4.78 is 0. The topological polar surface area (TPSA) is 3.24 Å². The van der Waals surface area contributed by atoms with Crippen LogP contribution in [0.3, 0.4) is 0 Å². The monoisotopic (exact) mass is 157 g/mol. The Bertz CT molecular complexity index is 89.0. The van der Waals surface area contributed by atoms with Gasteiger partial charge in [0.1, 0.15) is 0 Å². The molecule has 0 fully saturated rings.